The monoisotopic (exact) mass is 518 g/mol. The van der Waals surface area contributed by atoms with Gasteiger partial charge in [0.1, 0.15) is 11.5 Å². The average molecular weight is 519 g/mol. The average Bonchev–Trinajstić information content (AvgIpc) is 3.72. The number of nitrogens with one attached hydrogen (secondary N) is 3. The van der Waals surface area contributed by atoms with E-state index < -0.39 is 5.82 Å². The van der Waals surface area contributed by atoms with Crippen molar-refractivity contribution in [3.05, 3.63) is 73.2 Å². The number of benzene rings is 1. The minimum atomic E-state index is -0.427. The van der Waals surface area contributed by atoms with Gasteiger partial charge in [-0.2, -0.15) is 5.10 Å². The number of H-pyrrole nitrogens is 2. The van der Waals surface area contributed by atoms with Crippen LogP contribution < -0.4 is 5.32 Å². The number of carbonyl (C=O) groups is 1. The minimum absolute atomic E-state index is 0.0105. The number of nitrogens with zero attached hydrogens (tertiary/aromatic N) is 5. The molecule has 192 valence electrons. The molecule has 0 unspecified atom stereocenters. The predicted octanol–water partition coefficient (Wildman–Crippen LogP) is 5.89. The molecule has 1 aromatic carbocycles. The summed E-state index contributed by atoms with van der Waals surface area (Å²) in [5.41, 5.74) is 5.67. The van der Waals surface area contributed by atoms with E-state index in [-0.39, 0.29) is 11.8 Å². The van der Waals surface area contributed by atoms with Crippen molar-refractivity contribution in [1.82, 2.24) is 35.1 Å². The number of rotatable bonds is 5. The maximum atomic E-state index is 15.3. The lowest BCUT2D eigenvalue weighted by atomic mass is 10.0. The lowest BCUT2D eigenvalue weighted by molar-refractivity contribution is -0.119. The topological polar surface area (TPSA) is 125 Å². The molecule has 1 amide bonds. The van der Waals surface area contributed by atoms with Crippen LogP contribution in [-0.4, -0.2) is 41.0 Å². The Balaban J connectivity index is 1.27. The number of hydrogen-bond donors (Lipinski definition) is 3. The molecule has 0 radical (unpaired) electrons. The first kappa shape index (κ1) is 23.2. The molecule has 0 atom stereocenters. The fourth-order valence-electron chi connectivity index (χ4n) is 5.31. The summed E-state index contributed by atoms with van der Waals surface area (Å²) in [6.07, 6.45) is 12.3. The normalized spacial score (nSPS) is 13.9. The number of pyridine rings is 3. The molecule has 0 saturated heterocycles. The van der Waals surface area contributed by atoms with E-state index >= 15 is 4.39 Å². The fraction of sp³-hybridized carbons (Fsp3) is 0.172. The highest BCUT2D eigenvalue weighted by Gasteiger charge is 2.23. The quantitative estimate of drug-likeness (QED) is 0.261. The third-order valence-electron chi connectivity index (χ3n) is 7.28. The SMILES string of the molecule is O=C(Nc1cncc(-c2cc3c(-c4nc5nccc(-c6cccnc6)c5[nH]4)n[nH]c3cc2F)c1)C1CCCC1. The van der Waals surface area contributed by atoms with Crippen LogP contribution in [0.1, 0.15) is 25.7 Å². The van der Waals surface area contributed by atoms with Crippen LogP contribution in [0.3, 0.4) is 0 Å². The van der Waals surface area contributed by atoms with Crippen molar-refractivity contribution >= 4 is 33.7 Å². The van der Waals surface area contributed by atoms with Crippen molar-refractivity contribution in [2.75, 3.05) is 5.32 Å². The summed E-state index contributed by atoms with van der Waals surface area (Å²) < 4.78 is 15.3. The fourth-order valence-corrected chi connectivity index (χ4v) is 5.31. The second kappa shape index (κ2) is 9.39. The number of fused-ring (bicyclic) bond motifs is 2. The maximum Gasteiger partial charge on any atom is 0.227 e. The van der Waals surface area contributed by atoms with Crippen LogP contribution in [0.4, 0.5) is 10.1 Å². The van der Waals surface area contributed by atoms with Crippen LogP contribution >= 0.6 is 0 Å². The standard InChI is InChI=1S/C29H23FN8O/c30-23-12-24-22(11-21(23)18-10-19(15-32-14-18)34-29(39)16-4-1-2-5-16)26(38-37-24)28-35-25-20(7-9-33-27(25)36-28)17-6-3-8-31-13-17/h3,6-16H,1-2,4-5H2,(H,34,39)(H,37,38)(H,33,35,36). The van der Waals surface area contributed by atoms with Gasteiger partial charge in [0.15, 0.2) is 11.5 Å². The van der Waals surface area contributed by atoms with Crippen LogP contribution in [0.15, 0.2) is 67.4 Å². The van der Waals surface area contributed by atoms with Crippen LogP contribution in [0.2, 0.25) is 0 Å². The highest BCUT2D eigenvalue weighted by atomic mass is 19.1. The largest absolute Gasteiger partial charge is 0.335 e. The Morgan fingerprint density at radius 3 is 2.69 bits per heavy atom. The molecule has 1 saturated carbocycles. The first-order chi connectivity index (χ1) is 19.1. The summed E-state index contributed by atoms with van der Waals surface area (Å²) in [5.74, 6) is 0.0908. The lowest BCUT2D eigenvalue weighted by Gasteiger charge is -2.11. The Hall–Kier alpha value is -4.99. The minimum Gasteiger partial charge on any atom is -0.335 e. The van der Waals surface area contributed by atoms with Crippen LogP contribution in [0.5, 0.6) is 0 Å². The number of aromatic amines is 2. The highest BCUT2D eigenvalue weighted by molar-refractivity contribution is 5.98. The zero-order valence-corrected chi connectivity index (χ0v) is 20.8. The van der Waals surface area contributed by atoms with E-state index in [4.69, 9.17) is 0 Å². The molecular weight excluding hydrogens is 495 g/mol. The van der Waals surface area contributed by atoms with Crippen LogP contribution in [0.25, 0.3) is 55.8 Å². The molecule has 0 bridgehead atoms. The van der Waals surface area contributed by atoms with Crippen LogP contribution in [-0.2, 0) is 4.79 Å². The smallest absolute Gasteiger partial charge is 0.227 e. The second-order valence-corrected chi connectivity index (χ2v) is 9.77. The Kier molecular flexibility index (Phi) is 5.58. The predicted molar refractivity (Wildman–Crippen MR) is 146 cm³/mol. The molecule has 5 heterocycles. The van der Waals surface area contributed by atoms with Gasteiger partial charge in [-0.1, -0.05) is 18.9 Å². The number of aromatic nitrogens is 7. The van der Waals surface area contributed by atoms with E-state index in [0.29, 0.717) is 44.9 Å². The van der Waals surface area contributed by atoms with Gasteiger partial charge in [-0.05, 0) is 37.1 Å². The van der Waals surface area contributed by atoms with Crippen molar-refractivity contribution in [3.63, 3.8) is 0 Å². The molecule has 1 fully saturated rings. The second-order valence-electron chi connectivity index (χ2n) is 9.77. The number of hydrogen-bond acceptors (Lipinski definition) is 6. The molecule has 0 spiro atoms. The third kappa shape index (κ3) is 4.19. The van der Waals surface area contributed by atoms with E-state index in [2.05, 4.69) is 40.4 Å². The molecular formula is C29H23FN8O. The summed E-state index contributed by atoms with van der Waals surface area (Å²) in [6, 6.07) is 10.6. The Labute approximate surface area is 222 Å². The van der Waals surface area contributed by atoms with Crippen molar-refractivity contribution < 1.29 is 9.18 Å². The van der Waals surface area contributed by atoms with Gasteiger partial charge in [0.05, 0.1) is 22.9 Å². The van der Waals surface area contributed by atoms with Gasteiger partial charge in [-0.25, -0.2) is 14.4 Å². The zero-order chi connectivity index (χ0) is 26.3. The highest BCUT2D eigenvalue weighted by Crippen LogP contribution is 2.34. The Morgan fingerprint density at radius 2 is 1.85 bits per heavy atom. The van der Waals surface area contributed by atoms with Gasteiger partial charge in [0.25, 0.3) is 0 Å². The molecule has 0 aliphatic heterocycles. The van der Waals surface area contributed by atoms with Gasteiger partial charge in [-0.3, -0.25) is 19.9 Å². The number of imidazole rings is 1. The van der Waals surface area contributed by atoms with Gasteiger partial charge in [0, 0.05) is 64.4 Å². The molecule has 10 heteroatoms. The van der Waals surface area contributed by atoms with Crippen molar-refractivity contribution in [2.45, 2.75) is 25.7 Å². The molecule has 3 N–H and O–H groups in total. The van der Waals surface area contributed by atoms with Gasteiger partial charge in [0.2, 0.25) is 5.91 Å². The summed E-state index contributed by atoms with van der Waals surface area (Å²) in [4.78, 5) is 33.5. The van der Waals surface area contributed by atoms with E-state index in [9.17, 15) is 4.79 Å². The Morgan fingerprint density at radius 1 is 0.974 bits per heavy atom. The number of carbonyl (C=O) groups excluding carboxylic acids is 1. The first-order valence-electron chi connectivity index (χ1n) is 12.8. The molecule has 7 rings (SSSR count). The van der Waals surface area contributed by atoms with E-state index in [1.165, 1.54) is 6.07 Å². The molecule has 1 aliphatic carbocycles. The van der Waals surface area contributed by atoms with E-state index in [1.807, 2.05) is 18.2 Å². The molecule has 39 heavy (non-hydrogen) atoms. The maximum absolute atomic E-state index is 15.3. The number of amides is 1. The zero-order valence-electron chi connectivity index (χ0n) is 20.8. The summed E-state index contributed by atoms with van der Waals surface area (Å²) in [6.45, 7) is 0. The number of anilines is 1. The molecule has 5 aromatic heterocycles. The molecule has 1 aliphatic rings. The number of halogens is 1. The van der Waals surface area contributed by atoms with E-state index in [1.54, 1.807) is 43.1 Å². The Bertz CT molecular complexity index is 1840. The van der Waals surface area contributed by atoms with Gasteiger partial charge >= 0.3 is 0 Å². The van der Waals surface area contributed by atoms with Crippen molar-refractivity contribution in [1.29, 1.82) is 0 Å². The summed E-state index contributed by atoms with van der Waals surface area (Å²) in [5, 5.41) is 11.0. The summed E-state index contributed by atoms with van der Waals surface area (Å²) >= 11 is 0. The van der Waals surface area contributed by atoms with Crippen molar-refractivity contribution in [2.24, 2.45) is 5.92 Å². The molecule has 9 nitrogen and oxygen atoms in total. The third-order valence-corrected chi connectivity index (χ3v) is 7.28. The van der Waals surface area contributed by atoms with Gasteiger partial charge < -0.3 is 10.3 Å². The van der Waals surface area contributed by atoms with E-state index in [0.717, 1.165) is 42.3 Å². The summed E-state index contributed by atoms with van der Waals surface area (Å²) in [7, 11) is 0. The van der Waals surface area contributed by atoms with Gasteiger partial charge in [-0.15, -0.1) is 0 Å². The lowest BCUT2D eigenvalue weighted by Crippen LogP contribution is -2.20. The first-order valence-corrected chi connectivity index (χ1v) is 12.8. The van der Waals surface area contributed by atoms with Crippen molar-refractivity contribution in [3.8, 4) is 33.8 Å². The van der Waals surface area contributed by atoms with Crippen LogP contribution in [0, 0.1) is 11.7 Å². The molecule has 6 aromatic rings.